The van der Waals surface area contributed by atoms with Crippen molar-refractivity contribution in [3.05, 3.63) is 63.8 Å². The van der Waals surface area contributed by atoms with Crippen LogP contribution >= 0.6 is 23.2 Å². The standard InChI is InChI=1S/C20H16Cl2N4O/c1-26-20(12-4-13(21)7-14(22)5-12)17(9-25-26)11-2-3-15-16(6-11)18(8-23)24-10-19(15)27/h2-7,9H,8,10,23H2,1H3. The first-order chi connectivity index (χ1) is 13.0. The topological polar surface area (TPSA) is 73.3 Å². The number of benzene rings is 2. The molecule has 0 saturated carbocycles. The molecule has 0 spiro atoms. The summed E-state index contributed by atoms with van der Waals surface area (Å²) in [5.74, 6) is 0.00165. The molecule has 1 aromatic heterocycles. The summed E-state index contributed by atoms with van der Waals surface area (Å²) < 4.78 is 1.78. The first-order valence-corrected chi connectivity index (χ1v) is 9.13. The Balaban J connectivity index is 1.89. The molecule has 2 heterocycles. The smallest absolute Gasteiger partial charge is 0.184 e. The molecule has 3 aromatic rings. The van der Waals surface area contributed by atoms with E-state index in [1.165, 1.54) is 0 Å². The molecule has 7 heteroatoms. The Kier molecular flexibility index (Phi) is 4.60. The fourth-order valence-electron chi connectivity index (χ4n) is 3.39. The number of aliphatic imine (C=N–C) groups is 1. The number of hydrogen-bond acceptors (Lipinski definition) is 4. The summed E-state index contributed by atoms with van der Waals surface area (Å²) in [7, 11) is 1.86. The van der Waals surface area contributed by atoms with E-state index in [0.29, 0.717) is 15.6 Å². The summed E-state index contributed by atoms with van der Waals surface area (Å²) in [6.45, 7) is 0.436. The van der Waals surface area contributed by atoms with Crippen molar-refractivity contribution >= 4 is 34.7 Å². The molecule has 0 fully saturated rings. The zero-order valence-electron chi connectivity index (χ0n) is 14.5. The van der Waals surface area contributed by atoms with E-state index in [4.69, 9.17) is 28.9 Å². The van der Waals surface area contributed by atoms with Crippen LogP contribution in [-0.2, 0) is 7.05 Å². The number of rotatable bonds is 3. The second-order valence-electron chi connectivity index (χ2n) is 6.34. The van der Waals surface area contributed by atoms with Gasteiger partial charge in [-0.25, -0.2) is 0 Å². The molecule has 27 heavy (non-hydrogen) atoms. The van der Waals surface area contributed by atoms with Crippen molar-refractivity contribution in [2.24, 2.45) is 17.8 Å². The second-order valence-corrected chi connectivity index (χ2v) is 7.21. The van der Waals surface area contributed by atoms with Crippen LogP contribution < -0.4 is 5.73 Å². The number of Topliss-reactive ketones (excluding diaryl/α,β-unsaturated/α-hetero) is 1. The van der Waals surface area contributed by atoms with E-state index in [1.807, 2.05) is 37.4 Å². The molecule has 2 N–H and O–H groups in total. The lowest BCUT2D eigenvalue weighted by atomic mass is 9.92. The monoisotopic (exact) mass is 398 g/mol. The van der Waals surface area contributed by atoms with E-state index >= 15 is 0 Å². The SMILES string of the molecule is Cn1ncc(-c2ccc3c(c2)C(CN)=NCC3=O)c1-c1cc(Cl)cc(Cl)c1. The van der Waals surface area contributed by atoms with Crippen molar-refractivity contribution in [1.29, 1.82) is 0 Å². The van der Waals surface area contributed by atoms with Gasteiger partial charge >= 0.3 is 0 Å². The lowest BCUT2D eigenvalue weighted by Crippen LogP contribution is -2.24. The van der Waals surface area contributed by atoms with Gasteiger partial charge in [0.1, 0.15) is 6.54 Å². The first-order valence-electron chi connectivity index (χ1n) is 8.38. The summed E-state index contributed by atoms with van der Waals surface area (Å²) in [5, 5.41) is 5.51. The Hall–Kier alpha value is -2.47. The molecule has 1 aliphatic rings. The van der Waals surface area contributed by atoms with Gasteiger partial charge in [-0.3, -0.25) is 14.5 Å². The zero-order valence-corrected chi connectivity index (χ0v) is 16.1. The number of nitrogens with zero attached hydrogens (tertiary/aromatic N) is 3. The number of aromatic nitrogens is 2. The van der Waals surface area contributed by atoms with Gasteiger partial charge in [-0.1, -0.05) is 35.3 Å². The normalized spacial score (nSPS) is 13.5. The number of aryl methyl sites for hydroxylation is 1. The highest BCUT2D eigenvalue weighted by Crippen LogP contribution is 2.35. The summed E-state index contributed by atoms with van der Waals surface area (Å²) >= 11 is 12.4. The molecular weight excluding hydrogens is 383 g/mol. The molecule has 0 amide bonds. The minimum absolute atomic E-state index is 0.00165. The molecule has 0 unspecified atom stereocenters. The van der Waals surface area contributed by atoms with Crippen LogP contribution in [0.5, 0.6) is 0 Å². The largest absolute Gasteiger partial charge is 0.325 e. The lowest BCUT2D eigenvalue weighted by Gasteiger charge is -2.16. The van der Waals surface area contributed by atoms with Crippen LogP contribution in [0, 0.1) is 0 Å². The van der Waals surface area contributed by atoms with E-state index in [2.05, 4.69) is 10.1 Å². The Bertz CT molecular complexity index is 1080. The molecule has 1 aliphatic heterocycles. The highest BCUT2D eigenvalue weighted by molar-refractivity contribution is 6.35. The average molecular weight is 399 g/mol. The fourth-order valence-corrected chi connectivity index (χ4v) is 3.91. The third kappa shape index (κ3) is 3.18. The molecule has 136 valence electrons. The van der Waals surface area contributed by atoms with Crippen LogP contribution in [0.15, 0.2) is 47.6 Å². The predicted molar refractivity (Wildman–Crippen MR) is 109 cm³/mol. The molecule has 0 bridgehead atoms. The van der Waals surface area contributed by atoms with Gasteiger partial charge < -0.3 is 5.73 Å². The van der Waals surface area contributed by atoms with Crippen LogP contribution in [0.25, 0.3) is 22.4 Å². The van der Waals surface area contributed by atoms with Gasteiger partial charge in [0.05, 0.1) is 17.6 Å². The van der Waals surface area contributed by atoms with Crippen LogP contribution in [0.4, 0.5) is 0 Å². The van der Waals surface area contributed by atoms with Gasteiger partial charge in [-0.15, -0.1) is 0 Å². The summed E-state index contributed by atoms with van der Waals surface area (Å²) in [5.41, 5.74) is 11.6. The van der Waals surface area contributed by atoms with Gasteiger partial charge in [-0.05, 0) is 29.8 Å². The third-order valence-corrected chi connectivity index (χ3v) is 5.06. The number of halogens is 2. The minimum Gasteiger partial charge on any atom is -0.325 e. The maximum Gasteiger partial charge on any atom is 0.184 e. The number of carbonyl (C=O) groups excluding carboxylic acids is 1. The van der Waals surface area contributed by atoms with Crippen molar-refractivity contribution in [2.45, 2.75) is 0 Å². The lowest BCUT2D eigenvalue weighted by molar-refractivity contribution is 0.1000. The van der Waals surface area contributed by atoms with Crippen LogP contribution in [0.1, 0.15) is 15.9 Å². The maximum absolute atomic E-state index is 12.2. The van der Waals surface area contributed by atoms with Crippen LogP contribution in [-0.4, -0.2) is 34.4 Å². The molecule has 0 atom stereocenters. The third-order valence-electron chi connectivity index (χ3n) is 4.62. The van der Waals surface area contributed by atoms with E-state index in [-0.39, 0.29) is 18.9 Å². The Morgan fingerprint density at radius 3 is 2.48 bits per heavy atom. The van der Waals surface area contributed by atoms with Crippen molar-refractivity contribution < 1.29 is 4.79 Å². The van der Waals surface area contributed by atoms with Gasteiger partial charge in [0.15, 0.2) is 5.78 Å². The number of fused-ring (bicyclic) bond motifs is 1. The van der Waals surface area contributed by atoms with Crippen molar-refractivity contribution in [3.63, 3.8) is 0 Å². The van der Waals surface area contributed by atoms with Gasteiger partial charge in [0.2, 0.25) is 0 Å². The van der Waals surface area contributed by atoms with Crippen molar-refractivity contribution in [2.75, 3.05) is 13.1 Å². The highest BCUT2D eigenvalue weighted by Gasteiger charge is 2.22. The second kappa shape index (κ2) is 6.93. The summed E-state index contributed by atoms with van der Waals surface area (Å²) in [6, 6.07) is 11.1. The van der Waals surface area contributed by atoms with Crippen molar-refractivity contribution in [1.82, 2.24) is 9.78 Å². The number of carbonyl (C=O) groups is 1. The molecule has 4 rings (SSSR count). The molecule has 0 radical (unpaired) electrons. The van der Waals surface area contributed by atoms with E-state index in [1.54, 1.807) is 16.9 Å². The summed E-state index contributed by atoms with van der Waals surface area (Å²) in [4.78, 5) is 16.5. The van der Waals surface area contributed by atoms with E-state index < -0.39 is 0 Å². The molecule has 0 aliphatic carbocycles. The Morgan fingerprint density at radius 1 is 1.04 bits per heavy atom. The van der Waals surface area contributed by atoms with Gasteiger partial charge in [0.25, 0.3) is 0 Å². The first kappa shape index (κ1) is 17.9. The maximum atomic E-state index is 12.2. The fraction of sp³-hybridized carbons (Fsp3) is 0.150. The molecule has 5 nitrogen and oxygen atoms in total. The van der Waals surface area contributed by atoms with E-state index in [0.717, 1.165) is 33.7 Å². The van der Waals surface area contributed by atoms with Crippen molar-refractivity contribution in [3.8, 4) is 22.4 Å². The van der Waals surface area contributed by atoms with Crippen LogP contribution in [0.2, 0.25) is 10.0 Å². The molecular formula is C20H16Cl2N4O. The van der Waals surface area contributed by atoms with Gasteiger partial charge in [0, 0.05) is 45.9 Å². The zero-order chi connectivity index (χ0) is 19.1. The quantitative estimate of drug-likeness (QED) is 0.724. The minimum atomic E-state index is 0.00165. The Labute approximate surface area is 166 Å². The molecule has 2 aromatic carbocycles. The van der Waals surface area contributed by atoms with E-state index in [9.17, 15) is 4.79 Å². The van der Waals surface area contributed by atoms with Crippen LogP contribution in [0.3, 0.4) is 0 Å². The number of nitrogens with two attached hydrogens (primary N) is 1. The van der Waals surface area contributed by atoms with Gasteiger partial charge in [-0.2, -0.15) is 5.10 Å². The number of hydrogen-bond donors (Lipinski definition) is 1. The Morgan fingerprint density at radius 2 is 1.78 bits per heavy atom. The summed E-state index contributed by atoms with van der Waals surface area (Å²) in [6.07, 6.45) is 1.79. The highest BCUT2D eigenvalue weighted by atomic mass is 35.5. The molecule has 0 saturated heterocycles. The number of ketones is 1. The average Bonchev–Trinajstić information content (AvgIpc) is 3.02. The predicted octanol–water partition coefficient (Wildman–Crippen LogP) is 4.01.